The summed E-state index contributed by atoms with van der Waals surface area (Å²) >= 11 is 5.94. The van der Waals surface area contributed by atoms with E-state index in [0.29, 0.717) is 48.9 Å². The summed E-state index contributed by atoms with van der Waals surface area (Å²) in [6.07, 6.45) is 5.01. The third kappa shape index (κ3) is 11.6. The van der Waals surface area contributed by atoms with Crippen molar-refractivity contribution in [3.63, 3.8) is 0 Å². The molecule has 0 radical (unpaired) electrons. The van der Waals surface area contributed by atoms with Crippen LogP contribution in [0, 0.1) is 11.8 Å². The number of halogens is 1. The van der Waals surface area contributed by atoms with Crippen LogP contribution in [0.2, 0.25) is 5.28 Å². The number of alkyl carbamates (subject to hydrolysis) is 1. The molecule has 0 spiro atoms. The first-order valence-electron chi connectivity index (χ1n) is 18.4. The van der Waals surface area contributed by atoms with Crippen LogP contribution in [0.5, 0.6) is 5.88 Å². The zero-order chi connectivity index (χ0) is 38.8. The van der Waals surface area contributed by atoms with Crippen molar-refractivity contribution in [3.8, 4) is 28.4 Å². The molecule has 54 heavy (non-hydrogen) atoms. The van der Waals surface area contributed by atoms with Gasteiger partial charge in [0.2, 0.25) is 17.1 Å². The molecule has 14 heteroatoms. The Bertz CT molecular complexity index is 1850. The lowest BCUT2D eigenvalue weighted by molar-refractivity contribution is -0.130. The number of aromatic nitrogens is 4. The van der Waals surface area contributed by atoms with E-state index in [4.69, 9.17) is 26.8 Å². The van der Waals surface area contributed by atoms with Crippen molar-refractivity contribution in [3.05, 3.63) is 77.7 Å². The maximum Gasteiger partial charge on any atom is 0.407 e. The average Bonchev–Trinajstić information content (AvgIpc) is 3.58. The highest BCUT2D eigenvalue weighted by Crippen LogP contribution is 2.32. The number of imide groups is 1. The molecule has 1 fully saturated rings. The van der Waals surface area contributed by atoms with Gasteiger partial charge in [-0.2, -0.15) is 10.1 Å². The fourth-order valence-electron chi connectivity index (χ4n) is 6.41. The molecule has 2 aromatic carbocycles. The van der Waals surface area contributed by atoms with Crippen LogP contribution in [0.4, 0.5) is 10.5 Å². The number of carbonyl (C=O) groups is 3. The molecule has 4 N–H and O–H groups in total. The number of nitrogens with two attached hydrogens (primary N) is 1. The number of aromatic amines is 1. The topological polar surface area (TPSA) is 169 Å². The van der Waals surface area contributed by atoms with Crippen LogP contribution in [0.25, 0.3) is 22.5 Å². The summed E-state index contributed by atoms with van der Waals surface area (Å²) in [5, 5.41) is 9.71. The van der Waals surface area contributed by atoms with Crippen LogP contribution >= 0.6 is 11.6 Å². The molecule has 288 valence electrons. The standard InChI is InChI=1S/C40H51ClN8O5/c1-40(2,3)54-39(52)44-24-26-10-12-29(13-11-26)36(50)49(32-17-14-28(15-18-32)35-45-38(41)47-46-35)37(51)33(42)23-27-8-6-9-30(22-27)31-16-19-34(43-25-31)53-21-7-20-48(4)5/h6,8-9,14-19,22,25-26,29,33H,7,10-13,20-21,23-24,42H2,1-5H3,(H,44,52)(H,45,46,47)/t26?,29?,33-/m0/s1. The van der Waals surface area contributed by atoms with Gasteiger partial charge >= 0.3 is 6.09 Å². The lowest BCUT2D eigenvalue weighted by atomic mass is 9.81. The van der Waals surface area contributed by atoms with Crippen molar-refractivity contribution >= 4 is 35.2 Å². The molecule has 1 aliphatic rings. The lowest BCUT2D eigenvalue weighted by Crippen LogP contribution is -2.50. The average molecular weight is 759 g/mol. The molecule has 1 saturated carbocycles. The molecule has 0 aliphatic heterocycles. The summed E-state index contributed by atoms with van der Waals surface area (Å²) in [5.74, 6) is -0.0323. The predicted molar refractivity (Wildman–Crippen MR) is 209 cm³/mol. The number of anilines is 1. The maximum atomic E-state index is 14.3. The molecule has 0 unspecified atom stereocenters. The minimum Gasteiger partial charge on any atom is -0.478 e. The number of H-pyrrole nitrogens is 1. The summed E-state index contributed by atoms with van der Waals surface area (Å²) in [6, 6.07) is 17.5. The van der Waals surface area contributed by atoms with Crippen molar-refractivity contribution < 1.29 is 23.9 Å². The third-order valence-electron chi connectivity index (χ3n) is 9.18. The maximum absolute atomic E-state index is 14.3. The van der Waals surface area contributed by atoms with E-state index in [1.54, 1.807) is 30.5 Å². The van der Waals surface area contributed by atoms with Crippen LogP contribution in [0.15, 0.2) is 66.9 Å². The van der Waals surface area contributed by atoms with E-state index in [-0.39, 0.29) is 29.4 Å². The second-order valence-electron chi connectivity index (χ2n) is 15.0. The van der Waals surface area contributed by atoms with Gasteiger partial charge in [-0.15, -0.1) is 0 Å². The van der Waals surface area contributed by atoms with Crippen molar-refractivity contribution in [1.82, 2.24) is 30.4 Å². The van der Waals surface area contributed by atoms with E-state index in [9.17, 15) is 14.4 Å². The van der Waals surface area contributed by atoms with E-state index >= 15 is 0 Å². The highest BCUT2D eigenvalue weighted by Gasteiger charge is 2.35. The van der Waals surface area contributed by atoms with E-state index in [0.717, 1.165) is 42.5 Å². The molecule has 4 aromatic rings. The minimum absolute atomic E-state index is 0.154. The summed E-state index contributed by atoms with van der Waals surface area (Å²) in [6.45, 7) is 7.43. The third-order valence-corrected chi connectivity index (χ3v) is 9.35. The first kappa shape index (κ1) is 40.3. The molecule has 2 heterocycles. The number of hydrogen-bond donors (Lipinski definition) is 3. The summed E-state index contributed by atoms with van der Waals surface area (Å²) in [7, 11) is 4.06. The van der Waals surface area contributed by atoms with Gasteiger partial charge in [0.25, 0.3) is 5.91 Å². The normalized spacial score (nSPS) is 16.4. The molecule has 0 saturated heterocycles. The number of nitrogens with zero attached hydrogens (tertiary/aromatic N) is 5. The van der Waals surface area contributed by atoms with Gasteiger partial charge in [-0.05, 0) is 132 Å². The van der Waals surface area contributed by atoms with E-state index < -0.39 is 23.6 Å². The van der Waals surface area contributed by atoms with Gasteiger partial charge in [-0.25, -0.2) is 19.8 Å². The van der Waals surface area contributed by atoms with Crippen molar-refractivity contribution in [2.45, 2.75) is 70.9 Å². The zero-order valence-corrected chi connectivity index (χ0v) is 32.4. The van der Waals surface area contributed by atoms with Crippen LogP contribution in [0.1, 0.15) is 58.4 Å². The molecule has 1 atom stereocenters. The first-order chi connectivity index (χ1) is 25.8. The molecule has 1 aliphatic carbocycles. The second-order valence-corrected chi connectivity index (χ2v) is 15.4. The van der Waals surface area contributed by atoms with Crippen LogP contribution in [-0.4, -0.2) is 88.4 Å². The molecular weight excluding hydrogens is 708 g/mol. The van der Waals surface area contributed by atoms with Crippen LogP contribution < -0.4 is 20.7 Å². The fourth-order valence-corrected chi connectivity index (χ4v) is 6.53. The highest BCUT2D eigenvalue weighted by molar-refractivity contribution is 6.28. The number of pyridine rings is 1. The smallest absolute Gasteiger partial charge is 0.407 e. The number of hydrogen-bond acceptors (Lipinski definition) is 10. The highest BCUT2D eigenvalue weighted by atomic mass is 35.5. The number of benzene rings is 2. The monoisotopic (exact) mass is 758 g/mol. The van der Waals surface area contributed by atoms with Gasteiger partial charge in [0.15, 0.2) is 5.82 Å². The van der Waals surface area contributed by atoms with Crippen LogP contribution in [-0.2, 0) is 20.7 Å². The fraction of sp³-hybridized carbons (Fsp3) is 0.450. The van der Waals surface area contributed by atoms with E-state index in [1.165, 1.54) is 4.90 Å². The Morgan fingerprint density at radius 2 is 1.72 bits per heavy atom. The summed E-state index contributed by atoms with van der Waals surface area (Å²) in [4.78, 5) is 52.7. The number of carbonyl (C=O) groups excluding carboxylic acids is 3. The van der Waals surface area contributed by atoms with E-state index in [2.05, 4.69) is 30.4 Å². The molecular formula is C40H51ClN8O5. The van der Waals surface area contributed by atoms with Crippen molar-refractivity contribution in [2.24, 2.45) is 17.6 Å². The van der Waals surface area contributed by atoms with Crippen molar-refractivity contribution in [1.29, 1.82) is 0 Å². The van der Waals surface area contributed by atoms with Gasteiger partial charge in [0, 0.05) is 42.4 Å². The van der Waals surface area contributed by atoms with Gasteiger partial charge < -0.3 is 25.4 Å². The number of nitrogens with one attached hydrogen (secondary N) is 2. The Morgan fingerprint density at radius 3 is 2.35 bits per heavy atom. The SMILES string of the molecule is CN(C)CCCOc1ccc(-c2cccc(C[C@H](N)C(=O)N(C(=O)C3CCC(CNC(=O)OC(C)(C)C)CC3)c3ccc(-c4n[nH]c(Cl)n4)cc3)c2)cn1. The molecule has 5 rings (SSSR count). The van der Waals surface area contributed by atoms with Crippen LogP contribution in [0.3, 0.4) is 0 Å². The molecule has 2 aromatic heterocycles. The Morgan fingerprint density at radius 1 is 1.00 bits per heavy atom. The Labute approximate surface area is 322 Å². The molecule has 0 bridgehead atoms. The Balaban J connectivity index is 1.27. The molecule has 3 amide bonds. The summed E-state index contributed by atoms with van der Waals surface area (Å²) < 4.78 is 11.2. The lowest BCUT2D eigenvalue weighted by Gasteiger charge is -2.32. The minimum atomic E-state index is -0.999. The quantitative estimate of drug-likeness (QED) is 0.125. The molecule has 13 nitrogen and oxygen atoms in total. The Kier molecular flexibility index (Phi) is 13.8. The number of ether oxygens (including phenoxy) is 2. The largest absolute Gasteiger partial charge is 0.478 e. The predicted octanol–water partition coefficient (Wildman–Crippen LogP) is 6.28. The van der Waals surface area contributed by atoms with Gasteiger partial charge in [-0.1, -0.05) is 24.3 Å². The van der Waals surface area contributed by atoms with E-state index in [1.807, 2.05) is 71.3 Å². The van der Waals surface area contributed by atoms with Gasteiger partial charge in [0.1, 0.15) is 5.60 Å². The van der Waals surface area contributed by atoms with Gasteiger partial charge in [-0.3, -0.25) is 9.59 Å². The van der Waals surface area contributed by atoms with Crippen molar-refractivity contribution in [2.75, 3.05) is 38.7 Å². The second kappa shape index (κ2) is 18.5. The first-order valence-corrected chi connectivity index (χ1v) is 18.7. The Hall–Kier alpha value is -4.85. The number of amides is 3. The summed E-state index contributed by atoms with van der Waals surface area (Å²) in [5.41, 5.74) is 9.79. The zero-order valence-electron chi connectivity index (χ0n) is 31.7. The van der Waals surface area contributed by atoms with Gasteiger partial charge in [0.05, 0.1) is 18.3 Å². The number of rotatable bonds is 14.